The lowest BCUT2D eigenvalue weighted by atomic mass is 10.1. The summed E-state index contributed by atoms with van der Waals surface area (Å²) < 4.78 is 5.16. The number of aryl methyl sites for hydroxylation is 2. The highest BCUT2D eigenvalue weighted by Gasteiger charge is 2.07. The van der Waals surface area contributed by atoms with E-state index in [0.29, 0.717) is 0 Å². The molecule has 0 N–H and O–H groups in total. The van der Waals surface area contributed by atoms with Crippen LogP contribution in [0.1, 0.15) is 11.1 Å². The van der Waals surface area contributed by atoms with E-state index in [0.717, 1.165) is 22.2 Å². The van der Waals surface area contributed by atoms with E-state index >= 15 is 0 Å². The highest BCUT2D eigenvalue weighted by atomic mass is 28.2. The molecule has 0 amide bonds. The second kappa shape index (κ2) is 3.42. The molecule has 69 valence electrons. The highest BCUT2D eigenvalue weighted by molar-refractivity contribution is 6.02. The quantitative estimate of drug-likeness (QED) is 0.659. The van der Waals surface area contributed by atoms with Crippen molar-refractivity contribution in [1.29, 1.82) is 0 Å². The van der Waals surface area contributed by atoms with Crippen LogP contribution in [-0.4, -0.2) is 15.5 Å². The van der Waals surface area contributed by atoms with Gasteiger partial charge in [0, 0.05) is 11.6 Å². The summed E-state index contributed by atoms with van der Waals surface area (Å²) in [4.78, 5) is 4.32. The molecule has 0 atom stereocenters. The van der Waals surface area contributed by atoms with Gasteiger partial charge in [0.25, 0.3) is 0 Å². The summed E-state index contributed by atoms with van der Waals surface area (Å²) in [5.74, 6) is 0.794. The summed E-state index contributed by atoms with van der Waals surface area (Å²) in [6.45, 7) is 4.09. The van der Waals surface area contributed by atoms with Crippen LogP contribution in [0.3, 0.4) is 0 Å². The second-order valence-corrected chi connectivity index (χ2v) is 3.55. The van der Waals surface area contributed by atoms with E-state index in [2.05, 4.69) is 28.5 Å². The summed E-state index contributed by atoms with van der Waals surface area (Å²) in [5.41, 5.74) is 3.21. The summed E-state index contributed by atoms with van der Waals surface area (Å²) in [5, 5.41) is 1.13. The van der Waals surface area contributed by atoms with Crippen LogP contribution in [0.5, 0.6) is 5.75 Å². The first kappa shape index (κ1) is 9.21. The molecule has 3 radical (unpaired) electrons. The van der Waals surface area contributed by atoms with Gasteiger partial charge in [-0.15, -0.1) is 0 Å². The van der Waals surface area contributed by atoms with Gasteiger partial charge in [0.15, 0.2) is 0 Å². The summed E-state index contributed by atoms with van der Waals surface area (Å²) in [7, 11) is 3.06. The fraction of sp³-hybridized carbons (Fsp3) is 0.182. The monoisotopic (exact) mass is 200 g/mol. The predicted octanol–water partition coefficient (Wildman–Crippen LogP) is 2.31. The van der Waals surface area contributed by atoms with Crippen molar-refractivity contribution < 1.29 is 4.43 Å². The van der Waals surface area contributed by atoms with Crippen LogP contribution in [0.4, 0.5) is 0 Å². The van der Waals surface area contributed by atoms with Crippen LogP contribution in [0.2, 0.25) is 0 Å². The van der Waals surface area contributed by atoms with E-state index in [1.807, 2.05) is 19.1 Å². The molecule has 0 saturated heterocycles. The fourth-order valence-corrected chi connectivity index (χ4v) is 1.95. The van der Waals surface area contributed by atoms with Crippen molar-refractivity contribution in [2.24, 2.45) is 0 Å². The minimum Gasteiger partial charge on any atom is -0.539 e. The van der Waals surface area contributed by atoms with E-state index < -0.39 is 0 Å². The lowest BCUT2D eigenvalue weighted by Crippen LogP contribution is -1.94. The zero-order chi connectivity index (χ0) is 10.1. The fourth-order valence-electron chi connectivity index (χ4n) is 1.69. The van der Waals surface area contributed by atoms with Gasteiger partial charge in [0.05, 0.1) is 0 Å². The molecule has 0 aliphatic carbocycles. The van der Waals surface area contributed by atoms with Gasteiger partial charge in [0.1, 0.15) is 11.3 Å². The van der Waals surface area contributed by atoms with Crippen LogP contribution in [0.25, 0.3) is 10.9 Å². The molecule has 2 aromatic rings. The average Bonchev–Trinajstić information content (AvgIpc) is 2.18. The number of aromatic nitrogens is 1. The Morgan fingerprint density at radius 3 is 2.79 bits per heavy atom. The Balaban J connectivity index is 2.90. The smallest absolute Gasteiger partial charge is 0.341 e. The first-order chi connectivity index (χ1) is 6.74. The molecule has 1 aromatic carbocycles. The van der Waals surface area contributed by atoms with Crippen LogP contribution in [-0.2, 0) is 0 Å². The Hall–Kier alpha value is -1.35. The van der Waals surface area contributed by atoms with E-state index in [4.69, 9.17) is 4.43 Å². The Labute approximate surface area is 86.5 Å². The topological polar surface area (TPSA) is 22.1 Å². The van der Waals surface area contributed by atoms with E-state index in [9.17, 15) is 0 Å². The van der Waals surface area contributed by atoms with Crippen molar-refractivity contribution >= 4 is 21.4 Å². The van der Waals surface area contributed by atoms with Crippen LogP contribution >= 0.6 is 0 Å². The summed E-state index contributed by atoms with van der Waals surface area (Å²) in [6.07, 6.45) is 1.77. The van der Waals surface area contributed by atoms with Gasteiger partial charge >= 0.3 is 10.5 Å². The van der Waals surface area contributed by atoms with Crippen LogP contribution < -0.4 is 4.43 Å². The normalized spacial score (nSPS) is 10.5. The van der Waals surface area contributed by atoms with Gasteiger partial charge in [-0.3, -0.25) is 4.98 Å². The SMILES string of the molecule is Cc1cc(C)c2cccnc2c1O[Si]. The number of benzene rings is 1. The number of hydrogen-bond acceptors (Lipinski definition) is 2. The molecule has 0 fully saturated rings. The third-order valence-electron chi connectivity index (χ3n) is 2.34. The summed E-state index contributed by atoms with van der Waals surface area (Å²) >= 11 is 0. The largest absolute Gasteiger partial charge is 0.539 e. The van der Waals surface area contributed by atoms with Gasteiger partial charge in [-0.1, -0.05) is 12.1 Å². The summed E-state index contributed by atoms with van der Waals surface area (Å²) in [6, 6.07) is 6.08. The molecule has 3 heteroatoms. The minimum absolute atomic E-state index is 0.794. The lowest BCUT2D eigenvalue weighted by Gasteiger charge is -2.10. The lowest BCUT2D eigenvalue weighted by molar-refractivity contribution is 0.616. The van der Waals surface area contributed by atoms with E-state index in [-0.39, 0.29) is 0 Å². The number of rotatable bonds is 1. The van der Waals surface area contributed by atoms with E-state index in [1.165, 1.54) is 5.56 Å². The van der Waals surface area contributed by atoms with Gasteiger partial charge in [-0.05, 0) is 31.0 Å². The standard InChI is InChI=1S/C11H10NOSi/c1-7-6-8(2)11(13-14)10-9(7)4-3-5-12-10/h3-6H,1-2H3. The first-order valence-electron chi connectivity index (χ1n) is 4.42. The first-order valence-corrected chi connectivity index (χ1v) is 4.83. The molecular formula is C11H10NOSi. The predicted molar refractivity (Wildman–Crippen MR) is 57.6 cm³/mol. The van der Waals surface area contributed by atoms with Gasteiger partial charge in [-0.25, -0.2) is 0 Å². The van der Waals surface area contributed by atoms with Crippen molar-refractivity contribution in [2.45, 2.75) is 13.8 Å². The molecule has 0 bridgehead atoms. The van der Waals surface area contributed by atoms with Crippen molar-refractivity contribution in [3.05, 3.63) is 35.5 Å². The molecule has 1 heterocycles. The molecular weight excluding hydrogens is 190 g/mol. The Morgan fingerprint density at radius 1 is 1.29 bits per heavy atom. The third-order valence-corrected chi connectivity index (χ3v) is 2.54. The molecule has 0 saturated carbocycles. The van der Waals surface area contributed by atoms with Gasteiger partial charge in [-0.2, -0.15) is 0 Å². The zero-order valence-corrected chi connectivity index (χ0v) is 9.16. The minimum atomic E-state index is 0.794. The Bertz CT molecular complexity index is 482. The number of nitrogens with zero attached hydrogens (tertiary/aromatic N) is 1. The molecule has 0 aliphatic rings. The Morgan fingerprint density at radius 2 is 2.07 bits per heavy atom. The molecule has 14 heavy (non-hydrogen) atoms. The second-order valence-electron chi connectivity index (χ2n) is 3.34. The number of hydrogen-bond donors (Lipinski definition) is 0. The average molecular weight is 200 g/mol. The van der Waals surface area contributed by atoms with Crippen LogP contribution in [0.15, 0.2) is 24.4 Å². The van der Waals surface area contributed by atoms with Crippen molar-refractivity contribution in [3.8, 4) is 5.75 Å². The van der Waals surface area contributed by atoms with Crippen LogP contribution in [0, 0.1) is 13.8 Å². The Kier molecular flexibility index (Phi) is 2.25. The number of fused-ring (bicyclic) bond motifs is 1. The zero-order valence-electron chi connectivity index (χ0n) is 8.16. The maximum Gasteiger partial charge on any atom is 0.341 e. The molecule has 0 aliphatic heterocycles. The highest BCUT2D eigenvalue weighted by Crippen LogP contribution is 2.29. The van der Waals surface area contributed by atoms with Crippen molar-refractivity contribution in [3.63, 3.8) is 0 Å². The third kappa shape index (κ3) is 1.30. The molecule has 2 nitrogen and oxygen atoms in total. The molecule has 0 unspecified atom stereocenters. The maximum atomic E-state index is 5.16. The van der Waals surface area contributed by atoms with Gasteiger partial charge < -0.3 is 4.43 Å². The molecule has 1 aromatic heterocycles. The van der Waals surface area contributed by atoms with Gasteiger partial charge in [0.2, 0.25) is 0 Å². The maximum absolute atomic E-state index is 5.16. The van der Waals surface area contributed by atoms with Crippen molar-refractivity contribution in [1.82, 2.24) is 4.98 Å². The molecule has 0 spiro atoms. The molecule has 2 rings (SSSR count). The van der Waals surface area contributed by atoms with E-state index in [1.54, 1.807) is 6.20 Å². The van der Waals surface area contributed by atoms with Crippen molar-refractivity contribution in [2.75, 3.05) is 0 Å². The number of pyridine rings is 1.